The van der Waals surface area contributed by atoms with E-state index < -0.39 is 0 Å². The average Bonchev–Trinajstić information content (AvgIpc) is 3.52. The molecule has 0 bridgehead atoms. The summed E-state index contributed by atoms with van der Waals surface area (Å²) in [7, 11) is 0. The van der Waals surface area contributed by atoms with Crippen LogP contribution in [0.4, 0.5) is 16.5 Å². The predicted octanol–water partition coefficient (Wildman–Crippen LogP) is 6.03. The molecule has 2 fully saturated rings. The Morgan fingerprint density at radius 3 is 2.53 bits per heavy atom. The van der Waals surface area contributed by atoms with E-state index in [0.29, 0.717) is 11.6 Å². The Labute approximate surface area is 205 Å². The van der Waals surface area contributed by atoms with E-state index in [0.717, 1.165) is 40.9 Å². The second-order valence-electron chi connectivity index (χ2n) is 9.41. The fourth-order valence-electron chi connectivity index (χ4n) is 4.88. The normalized spacial score (nSPS) is 20.9. The van der Waals surface area contributed by atoms with Crippen molar-refractivity contribution in [1.82, 2.24) is 4.98 Å². The molecule has 2 atom stereocenters. The first-order chi connectivity index (χ1) is 16.5. The third-order valence-corrected chi connectivity index (χ3v) is 7.29. The quantitative estimate of drug-likeness (QED) is 0.455. The second kappa shape index (κ2) is 10.2. The van der Waals surface area contributed by atoms with Crippen molar-refractivity contribution in [2.24, 2.45) is 0 Å². The van der Waals surface area contributed by atoms with Crippen LogP contribution in [0.2, 0.25) is 0 Å². The van der Waals surface area contributed by atoms with Gasteiger partial charge in [0, 0.05) is 47.0 Å². The number of nitrogens with one attached hydrogen (secondary N) is 2. The fraction of sp³-hybridized carbons (Fsp3) is 0.407. The number of thiazole rings is 1. The topological polar surface area (TPSA) is 66.5 Å². The van der Waals surface area contributed by atoms with Crippen LogP contribution in [0.1, 0.15) is 49.9 Å². The molecule has 5 rings (SSSR count). The predicted molar refractivity (Wildman–Crippen MR) is 140 cm³/mol. The first kappa shape index (κ1) is 22.9. The molecule has 1 aliphatic carbocycles. The summed E-state index contributed by atoms with van der Waals surface area (Å²) in [4.78, 5) is 20.0. The van der Waals surface area contributed by atoms with Gasteiger partial charge >= 0.3 is 0 Å². The molecule has 7 heteroatoms. The molecule has 1 aromatic heterocycles. The van der Waals surface area contributed by atoms with Gasteiger partial charge in [0.25, 0.3) is 5.91 Å². The van der Waals surface area contributed by atoms with Gasteiger partial charge in [-0.3, -0.25) is 4.79 Å². The Kier molecular flexibility index (Phi) is 6.83. The molecule has 1 amide bonds. The van der Waals surface area contributed by atoms with Gasteiger partial charge in [-0.1, -0.05) is 25.0 Å². The summed E-state index contributed by atoms with van der Waals surface area (Å²) < 4.78 is 5.83. The molecule has 0 unspecified atom stereocenters. The van der Waals surface area contributed by atoms with E-state index in [2.05, 4.69) is 46.9 Å². The lowest BCUT2D eigenvalue weighted by atomic mass is 10.1. The third kappa shape index (κ3) is 5.42. The Bertz CT molecular complexity index is 1110. The molecule has 2 aromatic carbocycles. The summed E-state index contributed by atoms with van der Waals surface area (Å²) in [5.41, 5.74) is 4.40. The van der Waals surface area contributed by atoms with Crippen LogP contribution in [-0.2, 0) is 4.74 Å². The Morgan fingerprint density at radius 1 is 1.06 bits per heavy atom. The van der Waals surface area contributed by atoms with Crippen LogP contribution >= 0.6 is 11.3 Å². The SMILES string of the molecule is C[C@@H]1CN(c2ccc(NC(=O)c3cccc(-c4csc(NC5CCCC5)n4)c3)cc2)C[C@H](C)O1. The van der Waals surface area contributed by atoms with Gasteiger partial charge in [-0.2, -0.15) is 0 Å². The molecule has 2 heterocycles. The van der Waals surface area contributed by atoms with Crippen molar-refractivity contribution in [3.05, 3.63) is 59.5 Å². The van der Waals surface area contributed by atoms with Gasteiger partial charge in [0.05, 0.1) is 17.9 Å². The van der Waals surface area contributed by atoms with Crippen LogP contribution in [0, 0.1) is 0 Å². The van der Waals surface area contributed by atoms with Crippen LogP contribution in [0.3, 0.4) is 0 Å². The van der Waals surface area contributed by atoms with Crippen molar-refractivity contribution in [2.45, 2.75) is 57.8 Å². The lowest BCUT2D eigenvalue weighted by Gasteiger charge is -2.36. The number of amides is 1. The van der Waals surface area contributed by atoms with Gasteiger partial charge in [-0.15, -0.1) is 11.3 Å². The molecule has 0 spiro atoms. The molecule has 2 N–H and O–H groups in total. The number of ether oxygens (including phenoxy) is 1. The van der Waals surface area contributed by atoms with Gasteiger partial charge < -0.3 is 20.3 Å². The Hall–Kier alpha value is -2.90. The van der Waals surface area contributed by atoms with E-state index >= 15 is 0 Å². The number of carbonyl (C=O) groups is 1. The van der Waals surface area contributed by atoms with E-state index in [4.69, 9.17) is 9.72 Å². The lowest BCUT2D eigenvalue weighted by Crippen LogP contribution is -2.45. The highest BCUT2D eigenvalue weighted by Gasteiger charge is 2.22. The zero-order valence-corrected chi connectivity index (χ0v) is 20.6. The summed E-state index contributed by atoms with van der Waals surface area (Å²) in [6.07, 6.45) is 5.44. The maximum Gasteiger partial charge on any atom is 0.255 e. The van der Waals surface area contributed by atoms with Crippen LogP contribution < -0.4 is 15.5 Å². The summed E-state index contributed by atoms with van der Waals surface area (Å²) in [5.74, 6) is -0.122. The number of morpholine rings is 1. The average molecular weight is 477 g/mol. The minimum absolute atomic E-state index is 0.122. The van der Waals surface area contributed by atoms with Gasteiger partial charge in [-0.25, -0.2) is 4.98 Å². The first-order valence-corrected chi connectivity index (χ1v) is 13.1. The highest BCUT2D eigenvalue weighted by atomic mass is 32.1. The summed E-state index contributed by atoms with van der Waals surface area (Å²) >= 11 is 1.63. The molecule has 34 heavy (non-hydrogen) atoms. The molecule has 0 radical (unpaired) electrons. The summed E-state index contributed by atoms with van der Waals surface area (Å²) in [6, 6.07) is 16.3. The van der Waals surface area contributed by atoms with Crippen molar-refractivity contribution >= 4 is 33.8 Å². The molecule has 1 saturated carbocycles. The molecule has 178 valence electrons. The molecule has 3 aromatic rings. The fourth-order valence-corrected chi connectivity index (χ4v) is 5.68. The highest BCUT2D eigenvalue weighted by molar-refractivity contribution is 7.14. The molecule has 6 nitrogen and oxygen atoms in total. The van der Waals surface area contributed by atoms with Gasteiger partial charge in [0.2, 0.25) is 0 Å². The lowest BCUT2D eigenvalue weighted by molar-refractivity contribution is -0.00521. The van der Waals surface area contributed by atoms with Crippen molar-refractivity contribution in [3.8, 4) is 11.3 Å². The van der Waals surface area contributed by atoms with Crippen LogP contribution in [-0.4, -0.2) is 42.2 Å². The van der Waals surface area contributed by atoms with E-state index in [-0.39, 0.29) is 18.1 Å². The monoisotopic (exact) mass is 476 g/mol. The number of rotatable bonds is 6. The van der Waals surface area contributed by atoms with Crippen molar-refractivity contribution in [1.29, 1.82) is 0 Å². The zero-order chi connectivity index (χ0) is 23.5. The smallest absolute Gasteiger partial charge is 0.255 e. The number of aromatic nitrogens is 1. The van der Waals surface area contributed by atoms with Crippen molar-refractivity contribution < 1.29 is 9.53 Å². The number of hydrogen-bond donors (Lipinski definition) is 2. The molecular formula is C27H32N4O2S. The number of hydrogen-bond acceptors (Lipinski definition) is 6. The number of nitrogens with zero attached hydrogens (tertiary/aromatic N) is 2. The number of carbonyl (C=O) groups excluding carboxylic acids is 1. The number of benzene rings is 2. The minimum Gasteiger partial charge on any atom is -0.372 e. The summed E-state index contributed by atoms with van der Waals surface area (Å²) in [6.45, 7) is 5.95. The van der Waals surface area contributed by atoms with E-state index in [9.17, 15) is 4.79 Å². The minimum atomic E-state index is -0.122. The van der Waals surface area contributed by atoms with E-state index in [1.54, 1.807) is 11.3 Å². The van der Waals surface area contributed by atoms with E-state index in [1.165, 1.54) is 25.7 Å². The Balaban J connectivity index is 1.23. The summed E-state index contributed by atoms with van der Waals surface area (Å²) in [5, 5.41) is 9.59. The number of anilines is 3. The first-order valence-electron chi connectivity index (χ1n) is 12.2. The molecule has 1 aliphatic heterocycles. The van der Waals surface area contributed by atoms with Crippen LogP contribution in [0.25, 0.3) is 11.3 Å². The van der Waals surface area contributed by atoms with Gasteiger partial charge in [0.1, 0.15) is 0 Å². The van der Waals surface area contributed by atoms with Crippen molar-refractivity contribution in [2.75, 3.05) is 28.6 Å². The van der Waals surface area contributed by atoms with Crippen LogP contribution in [0.15, 0.2) is 53.9 Å². The van der Waals surface area contributed by atoms with Crippen LogP contribution in [0.5, 0.6) is 0 Å². The standard InChI is InChI=1S/C27H32N4O2S/c1-18-15-31(16-19(2)33-18)24-12-10-23(11-13-24)28-26(32)21-7-5-6-20(14-21)25-17-34-27(30-25)29-22-8-3-4-9-22/h5-7,10-14,17-19,22H,3-4,8-9,15-16H2,1-2H3,(H,28,32)(H,29,30)/t18-,19+. The van der Waals surface area contributed by atoms with Gasteiger partial charge in [-0.05, 0) is 63.1 Å². The van der Waals surface area contributed by atoms with Crippen molar-refractivity contribution in [3.63, 3.8) is 0 Å². The zero-order valence-electron chi connectivity index (χ0n) is 19.8. The molecule has 2 aliphatic rings. The van der Waals surface area contributed by atoms with Gasteiger partial charge in [0.15, 0.2) is 5.13 Å². The maximum absolute atomic E-state index is 12.9. The largest absolute Gasteiger partial charge is 0.372 e. The Morgan fingerprint density at radius 2 is 1.79 bits per heavy atom. The van der Waals surface area contributed by atoms with E-state index in [1.807, 2.05) is 36.4 Å². The highest BCUT2D eigenvalue weighted by Crippen LogP contribution is 2.29. The molecular weight excluding hydrogens is 444 g/mol. The molecule has 1 saturated heterocycles. The third-order valence-electron chi connectivity index (χ3n) is 6.52. The maximum atomic E-state index is 12.9. The second-order valence-corrected chi connectivity index (χ2v) is 10.3.